The van der Waals surface area contributed by atoms with Gasteiger partial charge in [-0.2, -0.15) is 4.31 Å². The Morgan fingerprint density at radius 2 is 1.75 bits per heavy atom. The molecule has 3 rings (SSSR count). The van der Waals surface area contributed by atoms with Crippen molar-refractivity contribution in [1.29, 1.82) is 0 Å². The lowest BCUT2D eigenvalue weighted by Gasteiger charge is -2.34. The third-order valence-corrected chi connectivity index (χ3v) is 6.48. The van der Waals surface area contributed by atoms with Crippen LogP contribution >= 0.6 is 0 Å². The van der Waals surface area contributed by atoms with Gasteiger partial charge in [-0.05, 0) is 30.7 Å². The first-order chi connectivity index (χ1) is 13.3. The molecular weight excluding hydrogens is 390 g/mol. The molecule has 0 radical (unpaired) electrons. The van der Waals surface area contributed by atoms with Crippen LogP contribution in [0.25, 0.3) is 0 Å². The number of carbonyl (C=O) groups excluding carboxylic acids is 1. The van der Waals surface area contributed by atoms with E-state index >= 15 is 0 Å². The molecule has 1 saturated heterocycles. The highest BCUT2D eigenvalue weighted by Crippen LogP contribution is 2.22. The second-order valence-electron chi connectivity index (χ2n) is 6.41. The van der Waals surface area contributed by atoms with Gasteiger partial charge in [0.15, 0.2) is 6.61 Å². The Labute approximate surface area is 162 Å². The standard InChI is InChI=1S/C19H20F2N2O4S/c1-14-4-2-3-5-17(14)27-13-19(24)22-8-10-23(11-9-22)28(25,26)18-7-6-15(20)12-16(18)21/h2-7,12H,8-11,13H2,1H3. The van der Waals surface area contributed by atoms with E-state index in [2.05, 4.69) is 0 Å². The zero-order valence-corrected chi connectivity index (χ0v) is 16.1. The van der Waals surface area contributed by atoms with Gasteiger partial charge in [-0.15, -0.1) is 0 Å². The van der Waals surface area contributed by atoms with Crippen LogP contribution in [0.2, 0.25) is 0 Å². The van der Waals surface area contributed by atoms with Gasteiger partial charge in [0.25, 0.3) is 5.91 Å². The van der Waals surface area contributed by atoms with E-state index < -0.39 is 26.6 Å². The van der Waals surface area contributed by atoms with Crippen LogP contribution in [0.15, 0.2) is 47.4 Å². The van der Waals surface area contributed by atoms with Crippen LogP contribution < -0.4 is 4.74 Å². The van der Waals surface area contributed by atoms with Crippen LogP contribution in [0.3, 0.4) is 0 Å². The molecule has 2 aromatic rings. The number of sulfonamides is 1. The summed E-state index contributed by atoms with van der Waals surface area (Å²) in [5.41, 5.74) is 0.910. The molecule has 0 unspecified atom stereocenters. The van der Waals surface area contributed by atoms with Gasteiger partial charge in [0.05, 0.1) is 0 Å². The summed E-state index contributed by atoms with van der Waals surface area (Å²) in [5.74, 6) is -1.62. The lowest BCUT2D eigenvalue weighted by molar-refractivity contribution is -0.134. The highest BCUT2D eigenvalue weighted by molar-refractivity contribution is 7.89. The normalized spacial score (nSPS) is 15.5. The molecule has 2 aromatic carbocycles. The second kappa shape index (κ2) is 8.24. The van der Waals surface area contributed by atoms with Crippen molar-refractivity contribution >= 4 is 15.9 Å². The predicted molar refractivity (Wildman–Crippen MR) is 98.4 cm³/mol. The predicted octanol–water partition coefficient (Wildman–Crippen LogP) is 2.19. The van der Waals surface area contributed by atoms with Crippen molar-refractivity contribution in [3.63, 3.8) is 0 Å². The average Bonchev–Trinajstić information content (AvgIpc) is 2.67. The Morgan fingerprint density at radius 1 is 1.07 bits per heavy atom. The number of benzene rings is 2. The molecule has 1 aliphatic rings. The largest absolute Gasteiger partial charge is 0.484 e. The molecule has 0 N–H and O–H groups in total. The van der Waals surface area contributed by atoms with Crippen molar-refractivity contribution in [2.24, 2.45) is 0 Å². The van der Waals surface area contributed by atoms with Crippen LogP contribution in [0.4, 0.5) is 8.78 Å². The number of carbonyl (C=O) groups is 1. The van der Waals surface area contributed by atoms with Crippen LogP contribution in [0.1, 0.15) is 5.56 Å². The maximum atomic E-state index is 13.9. The highest BCUT2D eigenvalue weighted by atomic mass is 32.2. The van der Waals surface area contributed by atoms with Gasteiger partial charge in [-0.25, -0.2) is 17.2 Å². The zero-order valence-electron chi connectivity index (χ0n) is 15.3. The first-order valence-corrected chi connectivity index (χ1v) is 10.1. The maximum absolute atomic E-state index is 13.9. The molecular formula is C19H20F2N2O4S. The third-order valence-electron chi connectivity index (χ3n) is 4.55. The van der Waals surface area contributed by atoms with Crippen molar-refractivity contribution in [2.45, 2.75) is 11.8 Å². The Bertz CT molecular complexity index is 974. The fourth-order valence-corrected chi connectivity index (χ4v) is 4.42. The number of hydrogen-bond donors (Lipinski definition) is 0. The Balaban J connectivity index is 1.59. The van der Waals surface area contributed by atoms with Gasteiger partial charge in [-0.1, -0.05) is 18.2 Å². The fraction of sp³-hybridized carbons (Fsp3) is 0.316. The number of rotatable bonds is 5. The summed E-state index contributed by atoms with van der Waals surface area (Å²) in [7, 11) is -4.10. The quantitative estimate of drug-likeness (QED) is 0.758. The van der Waals surface area contributed by atoms with E-state index in [1.54, 1.807) is 6.07 Å². The van der Waals surface area contributed by atoms with Gasteiger partial charge in [0.2, 0.25) is 10.0 Å². The molecule has 0 bridgehead atoms. The van der Waals surface area contributed by atoms with E-state index in [1.807, 2.05) is 25.1 Å². The Morgan fingerprint density at radius 3 is 2.39 bits per heavy atom. The SMILES string of the molecule is Cc1ccccc1OCC(=O)N1CCN(S(=O)(=O)c2ccc(F)cc2F)CC1. The van der Waals surface area contributed by atoms with Crippen LogP contribution in [-0.4, -0.2) is 56.3 Å². The summed E-state index contributed by atoms with van der Waals surface area (Å²) in [6.07, 6.45) is 0. The molecule has 6 nitrogen and oxygen atoms in total. The summed E-state index contributed by atoms with van der Waals surface area (Å²) in [6.45, 7) is 2.10. The second-order valence-corrected chi connectivity index (χ2v) is 8.32. The minimum Gasteiger partial charge on any atom is -0.484 e. The molecule has 1 aliphatic heterocycles. The van der Waals surface area contributed by atoms with Crippen molar-refractivity contribution < 1.29 is 26.7 Å². The van der Waals surface area contributed by atoms with E-state index in [0.717, 1.165) is 22.0 Å². The lowest BCUT2D eigenvalue weighted by Crippen LogP contribution is -2.51. The van der Waals surface area contributed by atoms with Gasteiger partial charge in [-0.3, -0.25) is 4.79 Å². The van der Waals surface area contributed by atoms with Gasteiger partial charge in [0, 0.05) is 32.2 Å². The molecule has 1 heterocycles. The van der Waals surface area contributed by atoms with Crippen LogP contribution in [0, 0.1) is 18.6 Å². The molecule has 0 spiro atoms. The number of halogens is 2. The van der Waals surface area contributed by atoms with Crippen molar-refractivity contribution in [2.75, 3.05) is 32.8 Å². The van der Waals surface area contributed by atoms with Crippen LogP contribution in [0.5, 0.6) is 5.75 Å². The molecule has 1 fully saturated rings. The number of ether oxygens (including phenoxy) is 1. The summed E-state index contributed by atoms with van der Waals surface area (Å²) >= 11 is 0. The molecule has 0 aliphatic carbocycles. The number of nitrogens with zero attached hydrogens (tertiary/aromatic N) is 2. The van der Waals surface area contributed by atoms with Crippen LogP contribution in [-0.2, 0) is 14.8 Å². The number of para-hydroxylation sites is 1. The summed E-state index contributed by atoms with van der Waals surface area (Å²) in [6, 6.07) is 9.67. The fourth-order valence-electron chi connectivity index (χ4n) is 2.95. The number of amides is 1. The molecule has 9 heteroatoms. The first-order valence-electron chi connectivity index (χ1n) is 8.70. The van der Waals surface area contributed by atoms with E-state index in [4.69, 9.17) is 4.74 Å². The number of hydrogen-bond acceptors (Lipinski definition) is 4. The Kier molecular flexibility index (Phi) is 5.95. The molecule has 0 atom stereocenters. The van der Waals surface area contributed by atoms with E-state index in [1.165, 1.54) is 4.90 Å². The monoisotopic (exact) mass is 410 g/mol. The lowest BCUT2D eigenvalue weighted by atomic mass is 10.2. The maximum Gasteiger partial charge on any atom is 0.260 e. The zero-order chi connectivity index (χ0) is 20.3. The molecule has 1 amide bonds. The minimum atomic E-state index is -4.10. The smallest absolute Gasteiger partial charge is 0.260 e. The molecule has 150 valence electrons. The van der Waals surface area contributed by atoms with Crippen molar-refractivity contribution in [1.82, 2.24) is 9.21 Å². The van der Waals surface area contributed by atoms with Crippen molar-refractivity contribution in [3.05, 3.63) is 59.7 Å². The van der Waals surface area contributed by atoms with E-state index in [-0.39, 0.29) is 38.7 Å². The first kappa shape index (κ1) is 20.2. The average molecular weight is 410 g/mol. The van der Waals surface area contributed by atoms with E-state index in [9.17, 15) is 22.0 Å². The molecule has 0 aromatic heterocycles. The molecule has 0 saturated carbocycles. The Hall–Kier alpha value is -2.52. The topological polar surface area (TPSA) is 66.9 Å². The number of aryl methyl sites for hydroxylation is 1. The summed E-state index contributed by atoms with van der Waals surface area (Å²) < 4.78 is 58.7. The molecule has 28 heavy (non-hydrogen) atoms. The van der Waals surface area contributed by atoms with E-state index in [0.29, 0.717) is 11.8 Å². The summed E-state index contributed by atoms with van der Waals surface area (Å²) in [4.78, 5) is 13.3. The van der Waals surface area contributed by atoms with Crippen molar-refractivity contribution in [3.8, 4) is 5.75 Å². The summed E-state index contributed by atoms with van der Waals surface area (Å²) in [5, 5.41) is 0. The van der Waals surface area contributed by atoms with Gasteiger partial charge in [0.1, 0.15) is 22.3 Å². The third kappa shape index (κ3) is 4.31. The minimum absolute atomic E-state index is 0.0231. The highest BCUT2D eigenvalue weighted by Gasteiger charge is 2.32. The van der Waals surface area contributed by atoms with Gasteiger partial charge >= 0.3 is 0 Å². The van der Waals surface area contributed by atoms with Gasteiger partial charge < -0.3 is 9.64 Å². The number of piperazine rings is 1.